The fourth-order valence-corrected chi connectivity index (χ4v) is 4.13. The zero-order valence-electron chi connectivity index (χ0n) is 15.1. The molecular weight excluding hydrogens is 372 g/mol. The first-order valence-corrected chi connectivity index (χ1v) is 10.5. The predicted octanol–water partition coefficient (Wildman–Crippen LogP) is 4.87. The highest BCUT2D eigenvalue weighted by atomic mass is 32.2. The first-order valence-electron chi connectivity index (χ1n) is 8.59. The second-order valence-electron chi connectivity index (χ2n) is 6.31. The zero-order valence-corrected chi connectivity index (χ0v) is 15.9. The van der Waals surface area contributed by atoms with Crippen LogP contribution < -0.4 is 5.32 Å². The Kier molecular flexibility index (Phi) is 4.67. The number of rotatable bonds is 4. The summed E-state index contributed by atoms with van der Waals surface area (Å²) in [5.41, 5.74) is 2.02. The van der Waals surface area contributed by atoms with Crippen LogP contribution in [-0.4, -0.2) is 25.5 Å². The van der Waals surface area contributed by atoms with Gasteiger partial charge in [0.1, 0.15) is 17.9 Å². The van der Waals surface area contributed by atoms with Crippen molar-refractivity contribution in [2.75, 3.05) is 11.6 Å². The van der Waals surface area contributed by atoms with Crippen molar-refractivity contribution in [1.29, 1.82) is 0 Å². The van der Waals surface area contributed by atoms with E-state index >= 15 is 0 Å². The third-order valence-corrected chi connectivity index (χ3v) is 5.89. The Morgan fingerprint density at radius 1 is 0.964 bits per heavy atom. The highest BCUT2D eigenvalue weighted by molar-refractivity contribution is 7.93. The van der Waals surface area contributed by atoms with Crippen LogP contribution in [-0.2, 0) is 9.73 Å². The molecule has 1 atom stereocenters. The third-order valence-electron chi connectivity index (χ3n) is 4.19. The van der Waals surface area contributed by atoms with Gasteiger partial charge in [-0.25, -0.2) is 14.2 Å². The molecule has 140 valence electrons. The Bertz CT molecular complexity index is 1270. The highest BCUT2D eigenvalue weighted by Gasteiger charge is 2.09. The van der Waals surface area contributed by atoms with Crippen LogP contribution in [0.5, 0.6) is 5.75 Å². The normalized spacial score (nSPS) is 13.0. The van der Waals surface area contributed by atoms with Gasteiger partial charge in [-0.3, -0.25) is 0 Å². The SMILES string of the molecule is C[S@](=O)(=Nc1ccc2ncnc(Nc3cccc(O)c3)c2c1)c1ccccc1. The molecule has 0 amide bonds. The van der Waals surface area contributed by atoms with Crippen molar-refractivity contribution in [2.45, 2.75) is 4.90 Å². The van der Waals surface area contributed by atoms with Crippen LogP contribution in [0.2, 0.25) is 0 Å². The van der Waals surface area contributed by atoms with E-state index < -0.39 is 9.73 Å². The van der Waals surface area contributed by atoms with Crippen LogP contribution >= 0.6 is 0 Å². The van der Waals surface area contributed by atoms with Crippen molar-refractivity contribution in [3.05, 3.63) is 79.1 Å². The first kappa shape index (κ1) is 17.9. The summed E-state index contributed by atoms with van der Waals surface area (Å²) in [5, 5.41) is 13.6. The number of aromatic hydroxyl groups is 1. The van der Waals surface area contributed by atoms with Crippen LogP contribution in [0, 0.1) is 0 Å². The molecule has 0 saturated heterocycles. The molecule has 0 aliphatic rings. The number of hydrogen-bond acceptors (Lipinski definition) is 6. The molecule has 0 fully saturated rings. The number of fused-ring (bicyclic) bond motifs is 1. The van der Waals surface area contributed by atoms with E-state index in [0.717, 1.165) is 10.9 Å². The summed E-state index contributed by atoms with van der Waals surface area (Å²) in [6.45, 7) is 0. The molecule has 28 heavy (non-hydrogen) atoms. The van der Waals surface area contributed by atoms with E-state index in [2.05, 4.69) is 19.6 Å². The Morgan fingerprint density at radius 3 is 2.57 bits per heavy atom. The lowest BCUT2D eigenvalue weighted by atomic mass is 10.2. The van der Waals surface area contributed by atoms with Crippen molar-refractivity contribution < 1.29 is 9.32 Å². The van der Waals surface area contributed by atoms with Gasteiger partial charge in [-0.1, -0.05) is 24.3 Å². The smallest absolute Gasteiger partial charge is 0.141 e. The molecule has 0 unspecified atom stereocenters. The molecule has 6 nitrogen and oxygen atoms in total. The van der Waals surface area contributed by atoms with Crippen LogP contribution in [0.4, 0.5) is 17.2 Å². The first-order chi connectivity index (χ1) is 13.5. The summed E-state index contributed by atoms with van der Waals surface area (Å²) in [6.07, 6.45) is 3.09. The predicted molar refractivity (Wildman–Crippen MR) is 112 cm³/mol. The maximum atomic E-state index is 13.1. The van der Waals surface area contributed by atoms with Gasteiger partial charge in [0, 0.05) is 28.3 Å². The number of anilines is 2. The van der Waals surface area contributed by atoms with Crippen molar-refractivity contribution in [3.8, 4) is 5.75 Å². The lowest BCUT2D eigenvalue weighted by Gasteiger charge is -2.10. The molecule has 0 aliphatic heterocycles. The van der Waals surface area contributed by atoms with Gasteiger partial charge in [0.2, 0.25) is 0 Å². The fraction of sp³-hybridized carbons (Fsp3) is 0.0476. The summed E-state index contributed by atoms with van der Waals surface area (Å²) < 4.78 is 17.5. The molecule has 0 bridgehead atoms. The molecule has 0 saturated carbocycles. The Balaban J connectivity index is 1.78. The van der Waals surface area contributed by atoms with E-state index in [9.17, 15) is 9.32 Å². The van der Waals surface area contributed by atoms with E-state index in [0.29, 0.717) is 22.1 Å². The molecule has 1 aromatic heterocycles. The van der Waals surface area contributed by atoms with Crippen LogP contribution in [0.15, 0.2) is 88.4 Å². The molecular formula is C21H18N4O2S. The maximum Gasteiger partial charge on any atom is 0.141 e. The van der Waals surface area contributed by atoms with Gasteiger partial charge in [0.05, 0.1) is 20.9 Å². The number of phenolic OH excluding ortho intramolecular Hbond substituents is 1. The summed E-state index contributed by atoms with van der Waals surface area (Å²) in [6, 6.07) is 21.4. The van der Waals surface area contributed by atoms with Gasteiger partial charge in [0.25, 0.3) is 0 Å². The molecule has 4 aromatic rings. The summed E-state index contributed by atoms with van der Waals surface area (Å²) in [5.74, 6) is 0.739. The number of benzene rings is 3. The van der Waals surface area contributed by atoms with Gasteiger partial charge >= 0.3 is 0 Å². The molecule has 3 aromatic carbocycles. The Labute approximate surface area is 163 Å². The van der Waals surface area contributed by atoms with Crippen molar-refractivity contribution >= 4 is 37.8 Å². The molecule has 0 aliphatic carbocycles. The lowest BCUT2D eigenvalue weighted by molar-refractivity contribution is 0.475. The molecule has 0 spiro atoms. The third kappa shape index (κ3) is 3.79. The van der Waals surface area contributed by atoms with Gasteiger partial charge in [-0.2, -0.15) is 4.36 Å². The quantitative estimate of drug-likeness (QED) is 0.519. The molecule has 0 radical (unpaired) electrons. The Hall–Kier alpha value is -3.45. The number of nitrogens with zero attached hydrogens (tertiary/aromatic N) is 3. The molecule has 4 rings (SSSR count). The van der Waals surface area contributed by atoms with E-state index in [1.54, 1.807) is 30.5 Å². The number of phenols is 1. The van der Waals surface area contributed by atoms with Gasteiger partial charge < -0.3 is 10.4 Å². The standard InChI is InChI=1S/C21H18N4O2S/c1-28(27,18-8-3-2-4-9-18)25-16-10-11-20-19(13-16)21(23-14-22-20)24-15-6-5-7-17(26)12-15/h2-14,26H,1H3,(H,22,23,24)/t28-/m1/s1. The van der Waals surface area contributed by atoms with E-state index in [1.807, 2.05) is 48.5 Å². The summed E-state index contributed by atoms with van der Waals surface area (Å²) in [7, 11) is -2.58. The van der Waals surface area contributed by atoms with E-state index in [4.69, 9.17) is 0 Å². The number of hydrogen-bond donors (Lipinski definition) is 2. The summed E-state index contributed by atoms with van der Waals surface area (Å²) >= 11 is 0. The highest BCUT2D eigenvalue weighted by Crippen LogP contribution is 2.29. The summed E-state index contributed by atoms with van der Waals surface area (Å²) in [4.78, 5) is 9.27. The van der Waals surface area contributed by atoms with Crippen molar-refractivity contribution in [2.24, 2.45) is 4.36 Å². The minimum Gasteiger partial charge on any atom is -0.508 e. The maximum absolute atomic E-state index is 13.1. The average molecular weight is 390 g/mol. The van der Waals surface area contributed by atoms with Crippen molar-refractivity contribution in [3.63, 3.8) is 0 Å². The largest absolute Gasteiger partial charge is 0.508 e. The Morgan fingerprint density at radius 2 is 1.79 bits per heavy atom. The molecule has 1 heterocycles. The van der Waals surface area contributed by atoms with Crippen molar-refractivity contribution in [1.82, 2.24) is 9.97 Å². The fourth-order valence-electron chi connectivity index (χ4n) is 2.85. The second-order valence-corrected chi connectivity index (χ2v) is 8.56. The topological polar surface area (TPSA) is 87.5 Å². The zero-order chi connectivity index (χ0) is 19.6. The van der Waals surface area contributed by atoms with Gasteiger partial charge in [-0.15, -0.1) is 0 Å². The van der Waals surface area contributed by atoms with Gasteiger partial charge in [-0.05, 0) is 42.5 Å². The minimum absolute atomic E-state index is 0.160. The molecule has 2 N–H and O–H groups in total. The minimum atomic E-state index is -2.58. The van der Waals surface area contributed by atoms with Crippen LogP contribution in [0.25, 0.3) is 10.9 Å². The number of aromatic nitrogens is 2. The average Bonchev–Trinajstić information content (AvgIpc) is 2.69. The van der Waals surface area contributed by atoms with Crippen LogP contribution in [0.3, 0.4) is 0 Å². The van der Waals surface area contributed by atoms with E-state index in [1.165, 1.54) is 6.33 Å². The van der Waals surface area contributed by atoms with Gasteiger partial charge in [0.15, 0.2) is 0 Å². The molecule has 7 heteroatoms. The monoisotopic (exact) mass is 390 g/mol. The van der Waals surface area contributed by atoms with E-state index in [-0.39, 0.29) is 5.75 Å². The second kappa shape index (κ2) is 7.28. The lowest BCUT2D eigenvalue weighted by Crippen LogP contribution is -1.97. The van der Waals surface area contributed by atoms with Crippen LogP contribution in [0.1, 0.15) is 0 Å². The number of nitrogens with one attached hydrogen (secondary N) is 1.